The minimum atomic E-state index is -3.75. The van der Waals surface area contributed by atoms with Gasteiger partial charge in [-0.1, -0.05) is 6.07 Å². The molecule has 0 atom stereocenters. The van der Waals surface area contributed by atoms with Gasteiger partial charge in [-0.05, 0) is 35.9 Å². The van der Waals surface area contributed by atoms with E-state index in [4.69, 9.17) is 4.74 Å². The minimum Gasteiger partial charge on any atom is -0.497 e. The molecule has 0 unspecified atom stereocenters. The largest absolute Gasteiger partial charge is 0.497 e. The number of benzene rings is 1. The first-order valence-corrected chi connectivity index (χ1v) is 8.50. The van der Waals surface area contributed by atoms with Crippen molar-refractivity contribution in [1.29, 1.82) is 0 Å². The molecule has 0 aliphatic rings. The Morgan fingerprint density at radius 2 is 2.00 bits per heavy atom. The number of methoxy groups -OCH3 is 1. The van der Waals surface area contributed by atoms with Crippen molar-refractivity contribution in [3.05, 3.63) is 60.7 Å². The fourth-order valence-corrected chi connectivity index (χ4v) is 2.98. The summed E-state index contributed by atoms with van der Waals surface area (Å²) >= 11 is 0. The van der Waals surface area contributed by atoms with Gasteiger partial charge in [0.2, 0.25) is 0 Å². The maximum Gasteiger partial charge on any atom is 0.264 e. The van der Waals surface area contributed by atoms with Crippen LogP contribution in [0.25, 0.3) is 0 Å². The Labute approximate surface area is 139 Å². The first kappa shape index (κ1) is 15.9. The molecule has 0 amide bonds. The molecule has 0 aliphatic heterocycles. The van der Waals surface area contributed by atoms with E-state index in [2.05, 4.69) is 19.8 Å². The summed E-state index contributed by atoms with van der Waals surface area (Å²) in [5, 5.41) is 4.11. The molecule has 24 heavy (non-hydrogen) atoms. The molecule has 9 heteroatoms. The number of nitrogens with zero attached hydrogens (tertiary/aromatic N) is 4. The zero-order valence-electron chi connectivity index (χ0n) is 12.8. The third-order valence-corrected chi connectivity index (χ3v) is 4.54. The summed E-state index contributed by atoms with van der Waals surface area (Å²) in [5.74, 6) is 0.586. The van der Waals surface area contributed by atoms with E-state index in [-0.39, 0.29) is 10.8 Å². The van der Waals surface area contributed by atoms with Gasteiger partial charge < -0.3 is 4.74 Å². The Morgan fingerprint density at radius 3 is 2.67 bits per heavy atom. The SMILES string of the molecule is COc1ccc(S(=O)(=O)Nc2ncn(Cc3cccnc3)n2)cc1. The molecule has 1 aromatic carbocycles. The normalized spacial score (nSPS) is 11.2. The van der Waals surface area contributed by atoms with Crippen molar-refractivity contribution in [2.45, 2.75) is 11.4 Å². The molecule has 1 N–H and O–H groups in total. The van der Waals surface area contributed by atoms with Gasteiger partial charge in [-0.25, -0.2) is 17.8 Å². The van der Waals surface area contributed by atoms with E-state index >= 15 is 0 Å². The van der Waals surface area contributed by atoms with Crippen molar-refractivity contribution in [1.82, 2.24) is 19.7 Å². The summed E-state index contributed by atoms with van der Waals surface area (Å²) in [4.78, 5) is 8.09. The van der Waals surface area contributed by atoms with E-state index in [1.54, 1.807) is 24.5 Å². The second-order valence-electron chi connectivity index (χ2n) is 4.91. The average Bonchev–Trinajstić information content (AvgIpc) is 3.02. The molecule has 0 saturated heterocycles. The van der Waals surface area contributed by atoms with Crippen molar-refractivity contribution in [2.24, 2.45) is 0 Å². The number of ether oxygens (including phenoxy) is 1. The number of aromatic nitrogens is 4. The maximum absolute atomic E-state index is 12.3. The van der Waals surface area contributed by atoms with Crippen LogP contribution in [0.1, 0.15) is 5.56 Å². The first-order chi connectivity index (χ1) is 11.6. The van der Waals surface area contributed by atoms with E-state index < -0.39 is 10.0 Å². The molecule has 8 nitrogen and oxygen atoms in total. The smallest absolute Gasteiger partial charge is 0.264 e. The van der Waals surface area contributed by atoms with Crippen LogP contribution in [-0.2, 0) is 16.6 Å². The van der Waals surface area contributed by atoms with Crippen LogP contribution in [0.15, 0.2) is 60.0 Å². The monoisotopic (exact) mass is 345 g/mol. The predicted octanol–water partition coefficient (Wildman–Crippen LogP) is 1.53. The standard InChI is InChI=1S/C15H15N5O3S/c1-23-13-4-6-14(7-5-13)24(21,22)19-15-17-11-20(18-15)10-12-3-2-8-16-9-12/h2-9,11H,10H2,1H3,(H,18,19). The quantitative estimate of drug-likeness (QED) is 0.727. The summed E-state index contributed by atoms with van der Waals surface area (Å²) in [5.41, 5.74) is 0.937. The molecule has 0 fully saturated rings. The van der Waals surface area contributed by atoms with E-state index in [9.17, 15) is 8.42 Å². The van der Waals surface area contributed by atoms with Crippen LogP contribution >= 0.6 is 0 Å². The van der Waals surface area contributed by atoms with Gasteiger partial charge in [0.15, 0.2) is 0 Å². The highest BCUT2D eigenvalue weighted by atomic mass is 32.2. The number of hydrogen-bond donors (Lipinski definition) is 1. The summed E-state index contributed by atoms with van der Waals surface area (Å²) in [6.45, 7) is 0.450. The highest BCUT2D eigenvalue weighted by molar-refractivity contribution is 7.92. The predicted molar refractivity (Wildman–Crippen MR) is 87.2 cm³/mol. The van der Waals surface area contributed by atoms with E-state index in [0.717, 1.165) is 5.56 Å². The summed E-state index contributed by atoms with van der Waals surface area (Å²) in [6, 6.07) is 9.77. The molecule has 2 heterocycles. The summed E-state index contributed by atoms with van der Waals surface area (Å²) < 4.78 is 33.5. The first-order valence-electron chi connectivity index (χ1n) is 7.02. The van der Waals surface area contributed by atoms with Gasteiger partial charge in [-0.2, -0.15) is 4.98 Å². The van der Waals surface area contributed by atoms with Crippen LogP contribution in [0.3, 0.4) is 0 Å². The maximum atomic E-state index is 12.3. The zero-order valence-corrected chi connectivity index (χ0v) is 13.6. The number of rotatable bonds is 6. The molecule has 0 radical (unpaired) electrons. The van der Waals surface area contributed by atoms with Gasteiger partial charge in [0.05, 0.1) is 18.6 Å². The number of sulfonamides is 1. The van der Waals surface area contributed by atoms with E-state index in [1.165, 1.54) is 30.3 Å². The number of hydrogen-bond acceptors (Lipinski definition) is 6. The molecule has 3 rings (SSSR count). The Hall–Kier alpha value is -2.94. The third kappa shape index (κ3) is 3.69. The van der Waals surface area contributed by atoms with Gasteiger partial charge in [-0.15, -0.1) is 5.10 Å². The van der Waals surface area contributed by atoms with Crippen LogP contribution < -0.4 is 9.46 Å². The lowest BCUT2D eigenvalue weighted by Crippen LogP contribution is -2.14. The minimum absolute atomic E-state index is 0.00899. The molecule has 0 bridgehead atoms. The highest BCUT2D eigenvalue weighted by Crippen LogP contribution is 2.17. The van der Waals surface area contributed by atoms with Gasteiger partial charge >= 0.3 is 0 Å². The lowest BCUT2D eigenvalue weighted by atomic mass is 10.3. The number of pyridine rings is 1. The molecule has 3 aromatic rings. The van der Waals surface area contributed by atoms with Crippen molar-refractivity contribution in [3.63, 3.8) is 0 Å². The fourth-order valence-electron chi connectivity index (χ4n) is 2.03. The van der Waals surface area contributed by atoms with Gasteiger partial charge in [-0.3, -0.25) is 4.98 Å². The molecule has 0 spiro atoms. The molecule has 2 aromatic heterocycles. The topological polar surface area (TPSA) is 99.0 Å². The van der Waals surface area contributed by atoms with Crippen molar-refractivity contribution in [3.8, 4) is 5.75 Å². The molecule has 0 saturated carbocycles. The molecule has 0 aliphatic carbocycles. The van der Waals surface area contributed by atoms with E-state index in [0.29, 0.717) is 12.3 Å². The highest BCUT2D eigenvalue weighted by Gasteiger charge is 2.16. The lowest BCUT2D eigenvalue weighted by Gasteiger charge is -2.05. The fraction of sp³-hybridized carbons (Fsp3) is 0.133. The summed E-state index contributed by atoms with van der Waals surface area (Å²) in [7, 11) is -2.24. The summed E-state index contributed by atoms with van der Waals surface area (Å²) in [6.07, 6.45) is 4.85. The molecule has 124 valence electrons. The van der Waals surface area contributed by atoms with Gasteiger partial charge in [0.25, 0.3) is 16.0 Å². The number of anilines is 1. The lowest BCUT2D eigenvalue weighted by molar-refractivity contribution is 0.414. The van der Waals surface area contributed by atoms with E-state index in [1.807, 2.05) is 12.1 Å². The van der Waals surface area contributed by atoms with Gasteiger partial charge in [0.1, 0.15) is 12.1 Å². The third-order valence-electron chi connectivity index (χ3n) is 3.20. The van der Waals surface area contributed by atoms with Crippen molar-refractivity contribution < 1.29 is 13.2 Å². The Kier molecular flexibility index (Phi) is 4.43. The van der Waals surface area contributed by atoms with Crippen LogP contribution in [0.2, 0.25) is 0 Å². The van der Waals surface area contributed by atoms with Gasteiger partial charge in [0, 0.05) is 12.4 Å². The van der Waals surface area contributed by atoms with Crippen molar-refractivity contribution in [2.75, 3.05) is 11.8 Å². The van der Waals surface area contributed by atoms with Crippen LogP contribution in [0.5, 0.6) is 5.75 Å². The van der Waals surface area contributed by atoms with Crippen LogP contribution in [0, 0.1) is 0 Å². The van der Waals surface area contributed by atoms with Crippen molar-refractivity contribution >= 4 is 16.0 Å². The zero-order chi connectivity index (χ0) is 17.0. The Balaban J connectivity index is 1.73. The second-order valence-corrected chi connectivity index (χ2v) is 6.59. The van der Waals surface area contributed by atoms with Crippen LogP contribution in [0.4, 0.5) is 5.95 Å². The Morgan fingerprint density at radius 1 is 1.21 bits per heavy atom. The number of nitrogens with one attached hydrogen (secondary N) is 1. The Bertz CT molecular complexity index is 908. The molecular formula is C15H15N5O3S. The van der Waals surface area contributed by atoms with Crippen LogP contribution in [-0.4, -0.2) is 35.3 Å². The second kappa shape index (κ2) is 6.67. The average molecular weight is 345 g/mol. The molecular weight excluding hydrogens is 330 g/mol.